The van der Waals surface area contributed by atoms with Crippen molar-refractivity contribution in [2.24, 2.45) is 0 Å². The Labute approximate surface area is 51.1 Å². The van der Waals surface area contributed by atoms with Crippen molar-refractivity contribution in [2.75, 3.05) is 14.1 Å². The summed E-state index contributed by atoms with van der Waals surface area (Å²) >= 11 is 0. The molecule has 1 radical (unpaired) electrons. The van der Waals surface area contributed by atoms with Gasteiger partial charge in [0.15, 0.2) is 0 Å². The van der Waals surface area contributed by atoms with Gasteiger partial charge < -0.3 is 5.11 Å². The van der Waals surface area contributed by atoms with Crippen molar-refractivity contribution in [3.05, 3.63) is 6.92 Å². The van der Waals surface area contributed by atoms with Crippen LogP contribution in [0.5, 0.6) is 0 Å². The Morgan fingerprint density at radius 1 is 1.62 bits per heavy atom. The molecule has 49 valence electrons. The molecule has 1 unspecified atom stereocenters. The quantitative estimate of drug-likeness (QED) is 0.542. The molecule has 0 amide bonds. The highest BCUT2D eigenvalue weighted by molar-refractivity contribution is 4.51. The van der Waals surface area contributed by atoms with E-state index in [4.69, 9.17) is 5.11 Å². The molecule has 0 aliphatic rings. The molecule has 0 heterocycles. The lowest BCUT2D eigenvalue weighted by atomic mass is 10.3. The first-order chi connectivity index (χ1) is 3.68. The van der Waals surface area contributed by atoms with Crippen LogP contribution in [0.1, 0.15) is 12.8 Å². The molecule has 0 rings (SSSR count). The van der Waals surface area contributed by atoms with Gasteiger partial charge in [-0.3, -0.25) is 4.90 Å². The maximum Gasteiger partial charge on any atom is 0.106 e. The van der Waals surface area contributed by atoms with Crippen molar-refractivity contribution in [1.82, 2.24) is 4.90 Å². The molecule has 0 aliphatic carbocycles. The number of aliphatic hydroxyl groups excluding tert-OH is 1. The molecular formula is C6H14NO. The molecule has 0 spiro atoms. The third kappa shape index (κ3) is 2.99. The molecule has 2 nitrogen and oxygen atoms in total. The number of nitrogens with zero attached hydrogens (tertiary/aromatic N) is 1. The van der Waals surface area contributed by atoms with E-state index in [0.29, 0.717) is 0 Å². The Balaban J connectivity index is 3.17. The minimum atomic E-state index is -0.313. The van der Waals surface area contributed by atoms with Crippen LogP contribution in [0.15, 0.2) is 0 Å². The predicted octanol–water partition coefficient (Wildman–Crippen LogP) is 0.481. The van der Waals surface area contributed by atoms with Crippen LogP contribution in [-0.2, 0) is 0 Å². The van der Waals surface area contributed by atoms with E-state index in [1.54, 1.807) is 4.90 Å². The number of hydrogen-bond donors (Lipinski definition) is 1. The van der Waals surface area contributed by atoms with Gasteiger partial charge in [0.05, 0.1) is 0 Å². The van der Waals surface area contributed by atoms with Crippen molar-refractivity contribution in [1.29, 1.82) is 0 Å². The molecule has 0 aromatic heterocycles. The zero-order valence-corrected chi connectivity index (χ0v) is 5.59. The normalized spacial score (nSPS) is 14.6. The van der Waals surface area contributed by atoms with Gasteiger partial charge >= 0.3 is 0 Å². The Morgan fingerprint density at radius 2 is 2.12 bits per heavy atom. The Morgan fingerprint density at radius 3 is 2.25 bits per heavy atom. The Kier molecular flexibility index (Phi) is 3.83. The zero-order chi connectivity index (χ0) is 6.57. The van der Waals surface area contributed by atoms with Gasteiger partial charge in [0.25, 0.3) is 0 Å². The van der Waals surface area contributed by atoms with Crippen LogP contribution < -0.4 is 0 Å². The molecule has 0 aliphatic heterocycles. The first-order valence-corrected chi connectivity index (χ1v) is 2.82. The van der Waals surface area contributed by atoms with Crippen LogP contribution in [0.4, 0.5) is 0 Å². The summed E-state index contributed by atoms with van der Waals surface area (Å²) in [5.74, 6) is 0. The van der Waals surface area contributed by atoms with Crippen LogP contribution >= 0.6 is 0 Å². The molecule has 0 aromatic rings. The van der Waals surface area contributed by atoms with Gasteiger partial charge in [0.2, 0.25) is 0 Å². The molecule has 1 atom stereocenters. The maximum absolute atomic E-state index is 9.01. The molecular weight excluding hydrogens is 102 g/mol. The van der Waals surface area contributed by atoms with Crippen LogP contribution in [-0.4, -0.2) is 30.3 Å². The van der Waals surface area contributed by atoms with Gasteiger partial charge in [-0.2, -0.15) is 0 Å². The molecule has 0 saturated carbocycles. The summed E-state index contributed by atoms with van der Waals surface area (Å²) in [6.07, 6.45) is 1.24. The van der Waals surface area contributed by atoms with Gasteiger partial charge in [-0.25, -0.2) is 0 Å². The lowest BCUT2D eigenvalue weighted by Crippen LogP contribution is -2.26. The Hall–Kier alpha value is -0.0800. The summed E-state index contributed by atoms with van der Waals surface area (Å²) in [6.45, 7) is 3.62. The van der Waals surface area contributed by atoms with Crippen LogP contribution in [0.3, 0.4) is 0 Å². The van der Waals surface area contributed by atoms with Gasteiger partial charge in [0.1, 0.15) is 6.23 Å². The van der Waals surface area contributed by atoms with E-state index >= 15 is 0 Å². The summed E-state index contributed by atoms with van der Waals surface area (Å²) in [6, 6.07) is 0. The summed E-state index contributed by atoms with van der Waals surface area (Å²) in [5.41, 5.74) is 0. The average molecular weight is 116 g/mol. The largest absolute Gasteiger partial charge is 0.378 e. The van der Waals surface area contributed by atoms with E-state index in [0.717, 1.165) is 12.8 Å². The summed E-state index contributed by atoms with van der Waals surface area (Å²) in [7, 11) is 3.70. The van der Waals surface area contributed by atoms with Crippen LogP contribution in [0.25, 0.3) is 0 Å². The van der Waals surface area contributed by atoms with E-state index < -0.39 is 0 Å². The van der Waals surface area contributed by atoms with Crippen LogP contribution in [0.2, 0.25) is 0 Å². The minimum Gasteiger partial charge on any atom is -0.378 e. The zero-order valence-electron chi connectivity index (χ0n) is 5.59. The third-order valence-electron chi connectivity index (χ3n) is 1.06. The highest BCUT2D eigenvalue weighted by Crippen LogP contribution is 1.96. The van der Waals surface area contributed by atoms with Gasteiger partial charge in [0, 0.05) is 0 Å². The van der Waals surface area contributed by atoms with E-state index in [-0.39, 0.29) is 6.23 Å². The second kappa shape index (κ2) is 3.87. The van der Waals surface area contributed by atoms with Crippen molar-refractivity contribution in [3.8, 4) is 0 Å². The predicted molar refractivity (Wildman–Crippen MR) is 34.3 cm³/mol. The van der Waals surface area contributed by atoms with Gasteiger partial charge in [-0.05, 0) is 26.9 Å². The van der Waals surface area contributed by atoms with E-state index in [1.165, 1.54) is 0 Å². The second-order valence-corrected chi connectivity index (χ2v) is 2.09. The topological polar surface area (TPSA) is 23.5 Å². The standard InChI is InChI=1S/C6H14NO/c1-4-5-6(8)7(2)3/h6,8H,1,4-5H2,2-3H3. The van der Waals surface area contributed by atoms with E-state index in [2.05, 4.69) is 6.92 Å². The molecule has 0 bridgehead atoms. The second-order valence-electron chi connectivity index (χ2n) is 2.09. The lowest BCUT2D eigenvalue weighted by molar-refractivity contribution is 0.0342. The van der Waals surface area contributed by atoms with Crippen molar-refractivity contribution in [3.63, 3.8) is 0 Å². The third-order valence-corrected chi connectivity index (χ3v) is 1.06. The molecule has 0 aromatic carbocycles. The monoisotopic (exact) mass is 116 g/mol. The number of hydrogen-bond acceptors (Lipinski definition) is 2. The van der Waals surface area contributed by atoms with Crippen molar-refractivity contribution in [2.45, 2.75) is 19.1 Å². The highest BCUT2D eigenvalue weighted by Gasteiger charge is 2.01. The van der Waals surface area contributed by atoms with Gasteiger partial charge in [-0.1, -0.05) is 6.92 Å². The highest BCUT2D eigenvalue weighted by atomic mass is 16.3. The van der Waals surface area contributed by atoms with E-state index in [1.807, 2.05) is 14.1 Å². The average Bonchev–Trinajstić information content (AvgIpc) is 1.67. The molecule has 1 N–H and O–H groups in total. The first kappa shape index (κ1) is 7.92. The molecule has 0 fully saturated rings. The molecule has 0 saturated heterocycles. The smallest absolute Gasteiger partial charge is 0.106 e. The van der Waals surface area contributed by atoms with E-state index in [9.17, 15) is 0 Å². The summed E-state index contributed by atoms with van der Waals surface area (Å²) in [5, 5.41) is 9.01. The maximum atomic E-state index is 9.01. The molecule has 8 heavy (non-hydrogen) atoms. The summed E-state index contributed by atoms with van der Waals surface area (Å²) < 4.78 is 0. The number of aliphatic hydroxyl groups is 1. The SMILES string of the molecule is [CH2]CCC(O)N(C)C. The van der Waals surface area contributed by atoms with Crippen LogP contribution in [0, 0.1) is 6.92 Å². The first-order valence-electron chi connectivity index (χ1n) is 2.82. The fourth-order valence-electron chi connectivity index (χ4n) is 0.441. The minimum absolute atomic E-state index is 0.313. The fraction of sp³-hybridized carbons (Fsp3) is 0.833. The molecule has 2 heteroatoms. The summed E-state index contributed by atoms with van der Waals surface area (Å²) in [4.78, 5) is 1.77. The van der Waals surface area contributed by atoms with Crippen molar-refractivity contribution < 1.29 is 5.11 Å². The van der Waals surface area contributed by atoms with Gasteiger partial charge in [-0.15, -0.1) is 0 Å². The van der Waals surface area contributed by atoms with Crippen molar-refractivity contribution >= 4 is 0 Å². The number of rotatable bonds is 3. The Bertz CT molecular complexity index is 54.5. The lowest BCUT2D eigenvalue weighted by Gasteiger charge is -2.16. The fourth-order valence-corrected chi connectivity index (χ4v) is 0.441.